The molecule has 8 nitrogen and oxygen atoms in total. The topological polar surface area (TPSA) is 98.8 Å². The molecule has 170 valence electrons. The number of amides is 3. The summed E-state index contributed by atoms with van der Waals surface area (Å²) < 4.78 is 27.7. The molecule has 30 heavy (non-hydrogen) atoms. The summed E-state index contributed by atoms with van der Waals surface area (Å²) in [5.41, 5.74) is 0. The van der Waals surface area contributed by atoms with Crippen molar-refractivity contribution in [2.24, 2.45) is 0 Å². The van der Waals surface area contributed by atoms with E-state index in [-0.39, 0.29) is 35.8 Å². The summed E-state index contributed by atoms with van der Waals surface area (Å²) in [5.74, 6) is -0.352. The van der Waals surface area contributed by atoms with Crippen molar-refractivity contribution in [3.05, 3.63) is 17.5 Å². The van der Waals surface area contributed by atoms with E-state index >= 15 is 0 Å². The molecule has 1 aliphatic rings. The van der Waals surface area contributed by atoms with Gasteiger partial charge in [-0.25, -0.2) is 13.2 Å². The van der Waals surface area contributed by atoms with Crippen LogP contribution in [0.3, 0.4) is 0 Å². The number of thiophene rings is 1. The fraction of sp³-hybridized carbons (Fsp3) is 0.700. The molecule has 2 heterocycles. The minimum atomic E-state index is -3.79. The fourth-order valence-corrected chi connectivity index (χ4v) is 6.05. The molecule has 0 saturated carbocycles. The normalized spacial score (nSPS) is 17.7. The molecule has 2 N–H and O–H groups in total. The van der Waals surface area contributed by atoms with Crippen LogP contribution in [0.4, 0.5) is 4.79 Å². The quantitative estimate of drug-likeness (QED) is 0.498. The third-order valence-corrected chi connectivity index (χ3v) is 8.40. The zero-order valence-electron chi connectivity index (χ0n) is 17.9. The third kappa shape index (κ3) is 6.68. The van der Waals surface area contributed by atoms with Crippen molar-refractivity contribution in [1.29, 1.82) is 0 Å². The van der Waals surface area contributed by atoms with Crippen LogP contribution in [0.15, 0.2) is 21.7 Å². The van der Waals surface area contributed by atoms with Gasteiger partial charge in [0.25, 0.3) is 10.0 Å². The van der Waals surface area contributed by atoms with Gasteiger partial charge < -0.3 is 15.5 Å². The smallest absolute Gasteiger partial charge is 0.317 e. The highest BCUT2D eigenvalue weighted by Crippen LogP contribution is 2.25. The van der Waals surface area contributed by atoms with E-state index in [1.165, 1.54) is 4.31 Å². The molecular weight excluding hydrogens is 424 g/mol. The van der Waals surface area contributed by atoms with Gasteiger partial charge >= 0.3 is 6.03 Å². The molecule has 2 rings (SSSR count). The van der Waals surface area contributed by atoms with Crippen molar-refractivity contribution in [1.82, 2.24) is 19.8 Å². The molecule has 3 amide bonds. The molecule has 1 saturated heterocycles. The summed E-state index contributed by atoms with van der Waals surface area (Å²) in [6.45, 7) is 5.64. The van der Waals surface area contributed by atoms with E-state index in [1.54, 1.807) is 22.4 Å². The van der Waals surface area contributed by atoms with Crippen molar-refractivity contribution in [3.8, 4) is 0 Å². The van der Waals surface area contributed by atoms with Crippen molar-refractivity contribution < 1.29 is 18.0 Å². The molecule has 0 spiro atoms. The van der Waals surface area contributed by atoms with Crippen LogP contribution in [0.1, 0.15) is 52.4 Å². The van der Waals surface area contributed by atoms with Gasteiger partial charge in [-0.15, -0.1) is 11.3 Å². The summed E-state index contributed by atoms with van der Waals surface area (Å²) in [6.07, 6.45) is 5.87. The highest BCUT2D eigenvalue weighted by atomic mass is 32.2. The number of hydrogen-bond acceptors (Lipinski definition) is 5. The number of carbonyl (C=O) groups is 2. The standard InChI is InChI=1S/C20H34N4O4S2/c1-3-5-7-11-21-19(25)17-16-23(20(26)22-12-8-6-4-2)13-14-24(17)30(27,28)18-10-9-15-29-18/h9-10,15,17H,3-8,11-14,16H2,1-2H3,(H,21,25)(H,22,26). The van der Waals surface area contributed by atoms with Crippen LogP contribution in [-0.2, 0) is 14.8 Å². The highest BCUT2D eigenvalue weighted by Gasteiger charge is 2.41. The maximum Gasteiger partial charge on any atom is 0.317 e. The lowest BCUT2D eigenvalue weighted by Crippen LogP contribution is -2.62. The molecule has 0 aliphatic carbocycles. The number of sulfonamides is 1. The zero-order chi connectivity index (χ0) is 22.0. The van der Waals surface area contributed by atoms with Crippen molar-refractivity contribution >= 4 is 33.3 Å². The van der Waals surface area contributed by atoms with Crippen LogP contribution >= 0.6 is 11.3 Å². The zero-order valence-corrected chi connectivity index (χ0v) is 19.6. The number of nitrogens with one attached hydrogen (secondary N) is 2. The Morgan fingerprint density at radius 1 is 1.07 bits per heavy atom. The van der Waals surface area contributed by atoms with Crippen LogP contribution in [0.2, 0.25) is 0 Å². The van der Waals surface area contributed by atoms with Crippen molar-refractivity contribution in [2.75, 3.05) is 32.7 Å². The largest absolute Gasteiger partial charge is 0.355 e. The minimum absolute atomic E-state index is 0.0455. The minimum Gasteiger partial charge on any atom is -0.355 e. The Bertz CT molecular complexity index is 768. The molecule has 1 aromatic heterocycles. The Hall–Kier alpha value is -1.65. The average molecular weight is 459 g/mol. The molecular formula is C20H34N4O4S2. The van der Waals surface area contributed by atoms with Crippen LogP contribution in [0, 0.1) is 0 Å². The Kier molecular flexibility index (Phi) is 10.1. The lowest BCUT2D eigenvalue weighted by Gasteiger charge is -2.39. The number of piperazine rings is 1. The number of hydrogen-bond donors (Lipinski definition) is 2. The van der Waals surface area contributed by atoms with Gasteiger partial charge in [-0.05, 0) is 24.3 Å². The Morgan fingerprint density at radius 2 is 1.73 bits per heavy atom. The SMILES string of the molecule is CCCCCNC(=O)C1CN(C(=O)NCCCCC)CCN1S(=O)(=O)c1cccs1. The maximum absolute atomic E-state index is 13.1. The van der Waals surface area contributed by atoms with E-state index in [0.29, 0.717) is 13.1 Å². The molecule has 0 radical (unpaired) electrons. The van der Waals surface area contributed by atoms with E-state index in [4.69, 9.17) is 0 Å². The molecule has 1 fully saturated rings. The first kappa shape index (κ1) is 24.6. The molecule has 10 heteroatoms. The molecule has 1 aliphatic heterocycles. The number of nitrogens with zero attached hydrogens (tertiary/aromatic N) is 2. The van der Waals surface area contributed by atoms with Gasteiger partial charge in [-0.2, -0.15) is 4.31 Å². The Balaban J connectivity index is 2.10. The van der Waals surface area contributed by atoms with E-state index in [0.717, 1.165) is 49.9 Å². The van der Waals surface area contributed by atoms with Crippen molar-refractivity contribution in [2.45, 2.75) is 62.6 Å². The van der Waals surface area contributed by atoms with Crippen molar-refractivity contribution in [3.63, 3.8) is 0 Å². The second-order valence-electron chi connectivity index (χ2n) is 7.45. The van der Waals surface area contributed by atoms with Gasteiger partial charge in [-0.3, -0.25) is 4.79 Å². The molecule has 1 atom stereocenters. The fourth-order valence-electron chi connectivity index (χ4n) is 3.36. The summed E-state index contributed by atoms with van der Waals surface area (Å²) in [6, 6.07) is 2.04. The number of rotatable bonds is 11. The van der Waals surface area contributed by atoms with Gasteiger partial charge in [0.1, 0.15) is 10.3 Å². The van der Waals surface area contributed by atoms with E-state index in [1.807, 2.05) is 0 Å². The molecule has 0 aromatic carbocycles. The van der Waals surface area contributed by atoms with Gasteiger partial charge in [0.15, 0.2) is 0 Å². The lowest BCUT2D eigenvalue weighted by atomic mass is 10.2. The van der Waals surface area contributed by atoms with Gasteiger partial charge in [0.05, 0.1) is 0 Å². The van der Waals surface area contributed by atoms with Crippen LogP contribution < -0.4 is 10.6 Å². The monoisotopic (exact) mass is 458 g/mol. The molecule has 1 unspecified atom stereocenters. The Morgan fingerprint density at radius 3 is 2.33 bits per heavy atom. The summed E-state index contributed by atoms with van der Waals surface area (Å²) in [4.78, 5) is 27.0. The second-order valence-corrected chi connectivity index (χ2v) is 10.5. The average Bonchev–Trinajstić information content (AvgIpc) is 3.29. The summed E-state index contributed by atoms with van der Waals surface area (Å²) in [7, 11) is -3.79. The second kappa shape index (κ2) is 12.3. The Labute approximate surface area is 184 Å². The van der Waals surface area contributed by atoms with Gasteiger partial charge in [0, 0.05) is 32.7 Å². The predicted molar refractivity (Wildman–Crippen MR) is 119 cm³/mol. The summed E-state index contributed by atoms with van der Waals surface area (Å²) in [5, 5.41) is 7.43. The van der Waals surface area contributed by atoms with Crippen LogP contribution in [0.5, 0.6) is 0 Å². The number of urea groups is 1. The molecule has 0 bridgehead atoms. The number of unbranched alkanes of at least 4 members (excludes halogenated alkanes) is 4. The predicted octanol–water partition coefficient (Wildman–Crippen LogP) is 2.63. The third-order valence-electron chi connectivity index (χ3n) is 5.12. The lowest BCUT2D eigenvalue weighted by molar-refractivity contribution is -0.126. The van der Waals surface area contributed by atoms with E-state index < -0.39 is 16.1 Å². The van der Waals surface area contributed by atoms with Gasteiger partial charge in [-0.1, -0.05) is 45.6 Å². The molecule has 1 aromatic rings. The van der Waals surface area contributed by atoms with Crippen LogP contribution in [-0.4, -0.2) is 68.3 Å². The van der Waals surface area contributed by atoms with Gasteiger partial charge in [0.2, 0.25) is 5.91 Å². The summed E-state index contributed by atoms with van der Waals surface area (Å²) >= 11 is 1.13. The first-order valence-corrected chi connectivity index (χ1v) is 13.1. The first-order chi connectivity index (χ1) is 14.4. The van der Waals surface area contributed by atoms with E-state index in [9.17, 15) is 18.0 Å². The number of carbonyl (C=O) groups excluding carboxylic acids is 2. The highest BCUT2D eigenvalue weighted by molar-refractivity contribution is 7.91. The van der Waals surface area contributed by atoms with E-state index in [2.05, 4.69) is 24.5 Å². The van der Waals surface area contributed by atoms with Crippen LogP contribution in [0.25, 0.3) is 0 Å². The first-order valence-electron chi connectivity index (χ1n) is 10.8. The maximum atomic E-state index is 13.1.